The highest BCUT2D eigenvalue weighted by Crippen LogP contribution is 2.31. The molecule has 0 saturated carbocycles. The van der Waals surface area contributed by atoms with Crippen LogP contribution in [0.2, 0.25) is 0 Å². The van der Waals surface area contributed by atoms with Gasteiger partial charge in [0, 0.05) is 15.1 Å². The lowest BCUT2D eigenvalue weighted by molar-refractivity contribution is 0.0473. The Morgan fingerprint density at radius 1 is 1.14 bits per heavy atom. The lowest BCUT2D eigenvalue weighted by Crippen LogP contribution is -2.03. The van der Waals surface area contributed by atoms with Crippen molar-refractivity contribution in [2.45, 2.75) is 6.61 Å². The zero-order valence-corrected chi connectivity index (χ0v) is 13.5. The number of esters is 1. The fourth-order valence-corrected chi connectivity index (χ4v) is 3.70. The molecule has 1 aromatic carbocycles. The highest BCUT2D eigenvalue weighted by atomic mass is 32.1. The molecule has 0 spiro atoms. The van der Waals surface area contributed by atoms with Crippen molar-refractivity contribution < 1.29 is 9.53 Å². The molecular weight excluding hydrogens is 312 g/mol. The predicted octanol–water partition coefficient (Wildman–Crippen LogP) is 5.48. The van der Waals surface area contributed by atoms with Crippen molar-refractivity contribution in [1.29, 1.82) is 0 Å². The SMILES string of the molecule is C=Cc1ccc(COC(=O)c2csc(-c3cccs3)c2)cc1. The van der Waals surface area contributed by atoms with Crippen molar-refractivity contribution in [3.8, 4) is 9.75 Å². The van der Waals surface area contributed by atoms with Crippen LogP contribution in [0, 0.1) is 0 Å². The highest BCUT2D eigenvalue weighted by Gasteiger charge is 2.11. The number of hydrogen-bond acceptors (Lipinski definition) is 4. The van der Waals surface area contributed by atoms with Crippen LogP contribution in [0.25, 0.3) is 15.8 Å². The van der Waals surface area contributed by atoms with Crippen molar-refractivity contribution >= 4 is 34.7 Å². The first-order chi connectivity index (χ1) is 10.8. The summed E-state index contributed by atoms with van der Waals surface area (Å²) in [6, 6.07) is 13.7. The van der Waals surface area contributed by atoms with Gasteiger partial charge in [0.05, 0.1) is 5.56 Å². The van der Waals surface area contributed by atoms with Crippen molar-refractivity contribution in [2.75, 3.05) is 0 Å². The highest BCUT2D eigenvalue weighted by molar-refractivity contribution is 7.20. The van der Waals surface area contributed by atoms with Crippen LogP contribution >= 0.6 is 22.7 Å². The van der Waals surface area contributed by atoms with Gasteiger partial charge < -0.3 is 4.74 Å². The molecule has 4 heteroatoms. The van der Waals surface area contributed by atoms with E-state index in [2.05, 4.69) is 6.58 Å². The lowest BCUT2D eigenvalue weighted by atomic mass is 10.1. The molecule has 110 valence electrons. The Kier molecular flexibility index (Phi) is 4.51. The monoisotopic (exact) mass is 326 g/mol. The fourth-order valence-electron chi connectivity index (χ4n) is 1.97. The third-order valence-electron chi connectivity index (χ3n) is 3.18. The summed E-state index contributed by atoms with van der Waals surface area (Å²) in [5.41, 5.74) is 2.62. The zero-order chi connectivity index (χ0) is 15.4. The summed E-state index contributed by atoms with van der Waals surface area (Å²) < 4.78 is 5.36. The number of carbonyl (C=O) groups is 1. The standard InChI is InChI=1S/C18H14O2S2/c1-2-13-5-7-14(8-6-13)11-20-18(19)15-10-17(22-12-15)16-4-3-9-21-16/h2-10,12H,1,11H2. The molecule has 0 amide bonds. The van der Waals surface area contributed by atoms with Gasteiger partial charge >= 0.3 is 5.97 Å². The van der Waals surface area contributed by atoms with Crippen molar-refractivity contribution in [1.82, 2.24) is 0 Å². The minimum absolute atomic E-state index is 0.278. The van der Waals surface area contributed by atoms with Gasteiger partial charge in [-0.3, -0.25) is 0 Å². The topological polar surface area (TPSA) is 26.3 Å². The Balaban J connectivity index is 1.63. The van der Waals surface area contributed by atoms with Crippen molar-refractivity contribution in [3.63, 3.8) is 0 Å². The van der Waals surface area contributed by atoms with Gasteiger partial charge in [-0.1, -0.05) is 43.0 Å². The van der Waals surface area contributed by atoms with Crippen molar-refractivity contribution in [3.05, 3.63) is 76.5 Å². The van der Waals surface area contributed by atoms with Crippen LogP contribution in [-0.4, -0.2) is 5.97 Å². The molecule has 0 bridgehead atoms. The van der Waals surface area contributed by atoms with Crippen LogP contribution in [0.15, 0.2) is 59.8 Å². The Labute approximate surface area is 137 Å². The van der Waals surface area contributed by atoms with Gasteiger partial charge in [-0.05, 0) is 28.6 Å². The summed E-state index contributed by atoms with van der Waals surface area (Å²) in [4.78, 5) is 14.4. The normalized spacial score (nSPS) is 10.4. The number of benzene rings is 1. The predicted molar refractivity (Wildman–Crippen MR) is 93.3 cm³/mol. The van der Waals surface area contributed by atoms with E-state index in [1.165, 1.54) is 4.88 Å². The van der Waals surface area contributed by atoms with Gasteiger partial charge in [-0.25, -0.2) is 4.79 Å². The summed E-state index contributed by atoms with van der Waals surface area (Å²) in [5, 5.41) is 3.87. The van der Waals surface area contributed by atoms with Gasteiger partial charge in [-0.15, -0.1) is 22.7 Å². The fraction of sp³-hybridized carbons (Fsp3) is 0.0556. The second-order valence-corrected chi connectivity index (χ2v) is 6.56. The van der Waals surface area contributed by atoms with Crippen LogP contribution in [0.3, 0.4) is 0 Å². The Morgan fingerprint density at radius 3 is 2.64 bits per heavy atom. The van der Waals surface area contributed by atoms with E-state index in [1.54, 1.807) is 28.7 Å². The molecule has 3 aromatic rings. The largest absolute Gasteiger partial charge is 0.457 e. The van der Waals surface area contributed by atoms with Gasteiger partial charge in [0.25, 0.3) is 0 Å². The maximum atomic E-state index is 12.1. The molecular formula is C18H14O2S2. The second kappa shape index (κ2) is 6.73. The third kappa shape index (κ3) is 3.35. The van der Waals surface area contributed by atoms with E-state index in [4.69, 9.17) is 4.74 Å². The van der Waals surface area contributed by atoms with Crippen LogP contribution in [0.5, 0.6) is 0 Å². The summed E-state index contributed by atoms with van der Waals surface area (Å²) in [6.07, 6.45) is 1.78. The number of hydrogen-bond donors (Lipinski definition) is 0. The molecule has 2 nitrogen and oxygen atoms in total. The Hall–Kier alpha value is -2.17. The van der Waals surface area contributed by atoms with E-state index in [9.17, 15) is 4.79 Å². The molecule has 3 rings (SSSR count). The quantitative estimate of drug-likeness (QED) is 0.581. The Morgan fingerprint density at radius 2 is 1.95 bits per heavy atom. The first-order valence-corrected chi connectivity index (χ1v) is 8.53. The van der Waals surface area contributed by atoms with Gasteiger partial charge in [0.1, 0.15) is 6.61 Å². The third-order valence-corrected chi connectivity index (χ3v) is 5.18. The van der Waals surface area contributed by atoms with Gasteiger partial charge in [-0.2, -0.15) is 0 Å². The molecule has 0 fully saturated rings. The molecule has 22 heavy (non-hydrogen) atoms. The van der Waals surface area contributed by atoms with E-state index in [1.807, 2.05) is 53.2 Å². The Bertz CT molecular complexity index is 768. The van der Waals surface area contributed by atoms with Crippen LogP contribution in [0.4, 0.5) is 0 Å². The number of rotatable bonds is 5. The molecule has 2 aromatic heterocycles. The minimum Gasteiger partial charge on any atom is -0.457 e. The molecule has 0 N–H and O–H groups in total. The second-order valence-electron chi connectivity index (χ2n) is 4.70. The van der Waals surface area contributed by atoms with E-state index < -0.39 is 0 Å². The zero-order valence-electron chi connectivity index (χ0n) is 11.8. The first kappa shape index (κ1) is 14.8. The van der Waals surface area contributed by atoms with Crippen molar-refractivity contribution in [2.24, 2.45) is 0 Å². The van der Waals surface area contributed by atoms with Gasteiger partial charge in [0.15, 0.2) is 0 Å². The smallest absolute Gasteiger partial charge is 0.339 e. The van der Waals surface area contributed by atoms with E-state index in [0.717, 1.165) is 16.0 Å². The maximum absolute atomic E-state index is 12.1. The van der Waals surface area contributed by atoms with E-state index >= 15 is 0 Å². The first-order valence-electron chi connectivity index (χ1n) is 6.77. The van der Waals surface area contributed by atoms with E-state index in [0.29, 0.717) is 5.56 Å². The maximum Gasteiger partial charge on any atom is 0.339 e. The molecule has 0 atom stereocenters. The van der Waals surface area contributed by atoms with Crippen LogP contribution in [-0.2, 0) is 11.3 Å². The number of carbonyl (C=O) groups excluding carboxylic acids is 1. The molecule has 0 unspecified atom stereocenters. The molecule has 0 saturated heterocycles. The number of thiophene rings is 2. The van der Waals surface area contributed by atoms with Crippen LogP contribution < -0.4 is 0 Å². The molecule has 0 aliphatic heterocycles. The lowest BCUT2D eigenvalue weighted by Gasteiger charge is -2.04. The van der Waals surface area contributed by atoms with E-state index in [-0.39, 0.29) is 12.6 Å². The molecule has 0 aliphatic carbocycles. The molecule has 0 aliphatic rings. The summed E-state index contributed by atoms with van der Waals surface area (Å²) in [6.45, 7) is 3.99. The summed E-state index contributed by atoms with van der Waals surface area (Å²) in [5.74, 6) is -0.285. The summed E-state index contributed by atoms with van der Waals surface area (Å²) >= 11 is 3.23. The summed E-state index contributed by atoms with van der Waals surface area (Å²) in [7, 11) is 0. The molecule has 2 heterocycles. The number of ether oxygens (including phenoxy) is 1. The average molecular weight is 326 g/mol. The minimum atomic E-state index is -0.285. The molecule has 0 radical (unpaired) electrons. The average Bonchev–Trinajstić information content (AvgIpc) is 3.23. The van der Waals surface area contributed by atoms with Gasteiger partial charge in [0.2, 0.25) is 0 Å². The van der Waals surface area contributed by atoms with Crippen LogP contribution in [0.1, 0.15) is 21.5 Å².